The van der Waals surface area contributed by atoms with Crippen molar-refractivity contribution in [3.05, 3.63) is 23.4 Å². The number of carbonyl (C=O) groups excluding carboxylic acids is 1. The highest BCUT2D eigenvalue weighted by Crippen LogP contribution is 2.34. The quantitative estimate of drug-likeness (QED) is 0.297. The Morgan fingerprint density at radius 2 is 2.15 bits per heavy atom. The van der Waals surface area contributed by atoms with Crippen molar-refractivity contribution in [3.8, 4) is 0 Å². The summed E-state index contributed by atoms with van der Waals surface area (Å²) in [5.74, 6) is 0. The van der Waals surface area contributed by atoms with E-state index in [-0.39, 0.29) is 6.54 Å². The molecule has 3 atom stereocenters. The highest BCUT2D eigenvalue weighted by atomic mass is 32.2. The van der Waals surface area contributed by atoms with Crippen molar-refractivity contribution in [1.82, 2.24) is 15.8 Å². The Labute approximate surface area is 115 Å². The van der Waals surface area contributed by atoms with Crippen molar-refractivity contribution in [2.45, 2.75) is 17.4 Å². The number of aliphatic hydroxyl groups excluding tert-OH is 1. The maximum atomic E-state index is 11.4. The number of nitrogens with one attached hydrogen (secondary N) is 2. The van der Waals surface area contributed by atoms with Crippen LogP contribution >= 0.6 is 0 Å². The SMILES string of the molecule is CN1CC(S(=O)(=O)O)C2=CC(NNC(N)=O)C(O)C=C21. The van der Waals surface area contributed by atoms with E-state index in [9.17, 15) is 22.9 Å². The van der Waals surface area contributed by atoms with Gasteiger partial charge in [-0.2, -0.15) is 8.42 Å². The normalized spacial score (nSPS) is 29.6. The third kappa shape index (κ3) is 2.77. The molecule has 0 radical (unpaired) electrons. The first-order valence-electron chi connectivity index (χ1n) is 5.80. The van der Waals surface area contributed by atoms with Gasteiger partial charge in [0.25, 0.3) is 10.1 Å². The molecule has 2 amide bonds. The lowest BCUT2D eigenvalue weighted by Crippen LogP contribution is -2.51. The van der Waals surface area contributed by atoms with Gasteiger partial charge in [0.1, 0.15) is 5.25 Å². The topological polar surface area (TPSA) is 145 Å². The minimum atomic E-state index is -4.25. The maximum absolute atomic E-state index is 11.4. The molecule has 3 unspecified atom stereocenters. The number of urea groups is 1. The second-order valence-electron chi connectivity index (χ2n) is 4.71. The number of aliphatic hydroxyl groups is 1. The number of primary amides is 1. The molecule has 1 aliphatic heterocycles. The van der Waals surface area contributed by atoms with Crippen LogP contribution in [0.4, 0.5) is 4.79 Å². The number of hydrogen-bond acceptors (Lipinski definition) is 6. The molecule has 112 valence electrons. The van der Waals surface area contributed by atoms with E-state index in [2.05, 4.69) is 10.9 Å². The summed E-state index contributed by atoms with van der Waals surface area (Å²) in [5, 5.41) is 8.84. The molecule has 0 aromatic heterocycles. The van der Waals surface area contributed by atoms with Gasteiger partial charge in [-0.25, -0.2) is 10.2 Å². The monoisotopic (exact) mass is 304 g/mol. The van der Waals surface area contributed by atoms with Crippen molar-refractivity contribution in [1.29, 1.82) is 0 Å². The number of amides is 2. The van der Waals surface area contributed by atoms with Gasteiger partial charge in [0, 0.05) is 19.3 Å². The first-order valence-corrected chi connectivity index (χ1v) is 7.31. The molecule has 1 heterocycles. The Balaban J connectivity index is 2.29. The first-order chi connectivity index (χ1) is 9.20. The highest BCUT2D eigenvalue weighted by Gasteiger charge is 2.41. The smallest absolute Gasteiger partial charge is 0.326 e. The molecule has 20 heavy (non-hydrogen) atoms. The molecule has 2 aliphatic rings. The number of likely N-dealkylation sites (N-methyl/N-ethyl adjacent to an activating group) is 1. The average Bonchev–Trinajstić information content (AvgIpc) is 2.63. The van der Waals surface area contributed by atoms with E-state index in [1.165, 1.54) is 12.2 Å². The molecular weight excluding hydrogens is 288 g/mol. The second-order valence-corrected chi connectivity index (χ2v) is 6.31. The van der Waals surface area contributed by atoms with E-state index in [1.54, 1.807) is 11.9 Å². The van der Waals surface area contributed by atoms with Crippen molar-refractivity contribution in [3.63, 3.8) is 0 Å². The zero-order valence-corrected chi connectivity index (χ0v) is 11.5. The Bertz CT molecular complexity index is 584. The summed E-state index contributed by atoms with van der Waals surface area (Å²) in [6.07, 6.45) is 1.95. The van der Waals surface area contributed by atoms with Gasteiger partial charge >= 0.3 is 6.03 Å². The summed E-state index contributed by atoms with van der Waals surface area (Å²) in [4.78, 5) is 12.3. The number of carbonyl (C=O) groups is 1. The summed E-state index contributed by atoms with van der Waals surface area (Å²) < 4.78 is 32.0. The number of rotatable bonds is 3. The lowest BCUT2D eigenvalue weighted by Gasteiger charge is -2.26. The molecule has 0 bridgehead atoms. The van der Waals surface area contributed by atoms with Crippen molar-refractivity contribution in [2.24, 2.45) is 5.73 Å². The van der Waals surface area contributed by atoms with Crippen molar-refractivity contribution in [2.75, 3.05) is 13.6 Å². The molecule has 9 nitrogen and oxygen atoms in total. The van der Waals surface area contributed by atoms with Gasteiger partial charge in [-0.15, -0.1) is 0 Å². The lowest BCUT2D eigenvalue weighted by molar-refractivity contribution is 0.177. The Morgan fingerprint density at radius 1 is 1.50 bits per heavy atom. The number of nitrogens with two attached hydrogens (primary N) is 1. The summed E-state index contributed by atoms with van der Waals surface area (Å²) in [5.41, 5.74) is 10.4. The van der Waals surface area contributed by atoms with E-state index in [1.807, 2.05) is 0 Å². The van der Waals surface area contributed by atoms with Crippen LogP contribution in [0.3, 0.4) is 0 Å². The van der Waals surface area contributed by atoms with Gasteiger partial charge in [-0.1, -0.05) is 6.08 Å². The number of likely N-dealkylation sites (tertiary alicyclic amines) is 1. The Hall–Kier alpha value is -1.62. The van der Waals surface area contributed by atoms with Gasteiger partial charge in [0.05, 0.1) is 12.1 Å². The fraction of sp³-hybridized carbons (Fsp3) is 0.500. The average molecular weight is 304 g/mol. The predicted octanol–water partition coefficient (Wildman–Crippen LogP) is -2.09. The molecular formula is C10H16N4O5S. The molecule has 6 N–H and O–H groups in total. The minimum Gasteiger partial charge on any atom is -0.387 e. The third-order valence-electron chi connectivity index (χ3n) is 3.27. The second kappa shape index (κ2) is 5.05. The molecule has 1 aliphatic carbocycles. The van der Waals surface area contributed by atoms with E-state index >= 15 is 0 Å². The van der Waals surface area contributed by atoms with Crippen LogP contribution in [0.5, 0.6) is 0 Å². The minimum absolute atomic E-state index is 0.0964. The summed E-state index contributed by atoms with van der Waals surface area (Å²) in [6, 6.07) is -1.57. The van der Waals surface area contributed by atoms with Crippen molar-refractivity contribution < 1.29 is 22.9 Å². The van der Waals surface area contributed by atoms with E-state index in [4.69, 9.17) is 5.73 Å². The van der Waals surface area contributed by atoms with Gasteiger partial charge in [0.2, 0.25) is 0 Å². The van der Waals surface area contributed by atoms with Crippen LogP contribution in [-0.4, -0.2) is 60.0 Å². The molecule has 1 saturated heterocycles. The number of hydrogen-bond donors (Lipinski definition) is 5. The highest BCUT2D eigenvalue weighted by molar-refractivity contribution is 7.86. The lowest BCUT2D eigenvalue weighted by atomic mass is 9.97. The largest absolute Gasteiger partial charge is 0.387 e. The van der Waals surface area contributed by atoms with E-state index in [0.29, 0.717) is 11.3 Å². The van der Waals surface area contributed by atoms with Crippen LogP contribution in [0.15, 0.2) is 23.4 Å². The van der Waals surface area contributed by atoms with Crippen LogP contribution in [-0.2, 0) is 10.1 Å². The Morgan fingerprint density at radius 3 is 2.70 bits per heavy atom. The van der Waals surface area contributed by atoms with E-state index < -0.39 is 33.5 Å². The van der Waals surface area contributed by atoms with Crippen LogP contribution in [0.1, 0.15) is 0 Å². The number of fused-ring (bicyclic) bond motifs is 1. The van der Waals surface area contributed by atoms with Crippen molar-refractivity contribution >= 4 is 16.1 Å². The molecule has 0 aromatic rings. The standard InChI is InChI=1S/C10H16N4O5S/c1-14-4-9(20(17,18)19)5-2-6(12-13-10(11)16)8(15)3-7(5)14/h2-3,6,8-9,12,15H,4H2,1H3,(H3,11,13,16)(H,17,18,19). The first kappa shape index (κ1) is 14.8. The number of allylic oxidation sites excluding steroid dienone is 1. The van der Waals surface area contributed by atoms with Crippen LogP contribution in [0.25, 0.3) is 0 Å². The molecule has 1 fully saturated rings. The fourth-order valence-electron chi connectivity index (χ4n) is 2.34. The van der Waals surface area contributed by atoms with Gasteiger partial charge < -0.3 is 15.7 Å². The maximum Gasteiger partial charge on any atom is 0.326 e. The zero-order chi connectivity index (χ0) is 15.1. The predicted molar refractivity (Wildman–Crippen MR) is 69.8 cm³/mol. The van der Waals surface area contributed by atoms with Crippen LogP contribution in [0.2, 0.25) is 0 Å². The van der Waals surface area contributed by atoms with Crippen LogP contribution in [0, 0.1) is 0 Å². The molecule has 0 spiro atoms. The Kier molecular flexibility index (Phi) is 3.73. The fourth-order valence-corrected chi connectivity index (χ4v) is 3.27. The van der Waals surface area contributed by atoms with E-state index in [0.717, 1.165) is 0 Å². The number of nitrogens with zero attached hydrogens (tertiary/aromatic N) is 1. The van der Waals surface area contributed by atoms with Gasteiger partial charge in [-0.05, 0) is 11.6 Å². The van der Waals surface area contributed by atoms with Gasteiger partial charge in [-0.3, -0.25) is 9.98 Å². The van der Waals surface area contributed by atoms with Crippen LogP contribution < -0.4 is 16.6 Å². The summed E-state index contributed by atoms with van der Waals surface area (Å²) in [7, 11) is -2.59. The summed E-state index contributed by atoms with van der Waals surface area (Å²) in [6.45, 7) is 0.0964. The molecule has 0 saturated carbocycles. The number of hydrazine groups is 1. The summed E-state index contributed by atoms with van der Waals surface area (Å²) >= 11 is 0. The third-order valence-corrected chi connectivity index (χ3v) is 4.39. The zero-order valence-electron chi connectivity index (χ0n) is 10.6. The van der Waals surface area contributed by atoms with Gasteiger partial charge in [0.15, 0.2) is 0 Å². The molecule has 10 heteroatoms. The molecule has 0 aromatic carbocycles. The molecule has 2 rings (SSSR count).